The van der Waals surface area contributed by atoms with Crippen LogP contribution >= 0.6 is 0 Å². The molecule has 3 N–H and O–H groups in total. The van der Waals surface area contributed by atoms with Gasteiger partial charge in [-0.05, 0) is 36.8 Å². The number of sulfonamides is 1. The summed E-state index contributed by atoms with van der Waals surface area (Å²) in [6.07, 6.45) is -3.45. The van der Waals surface area contributed by atoms with Gasteiger partial charge in [-0.15, -0.1) is 0 Å². The number of nitrogens with one attached hydrogen (secondary N) is 3. The Morgan fingerprint density at radius 3 is 2.43 bits per heavy atom. The van der Waals surface area contributed by atoms with E-state index in [4.69, 9.17) is 0 Å². The molecule has 2 aromatic rings. The number of benzene rings is 2. The zero-order valence-corrected chi connectivity index (χ0v) is 16.0. The number of rotatable bonds is 7. The Kier molecular flexibility index (Phi) is 6.55. The molecule has 0 heterocycles. The second-order valence-corrected chi connectivity index (χ2v) is 7.93. The Hall–Kier alpha value is -2.75. The van der Waals surface area contributed by atoms with Crippen molar-refractivity contribution in [2.24, 2.45) is 0 Å². The molecule has 0 aliphatic heterocycles. The summed E-state index contributed by atoms with van der Waals surface area (Å²) in [7, 11) is -3.49. The zero-order valence-electron chi connectivity index (χ0n) is 15.2. The maximum atomic E-state index is 12.7. The van der Waals surface area contributed by atoms with Crippen molar-refractivity contribution in [1.29, 1.82) is 0 Å². The first-order chi connectivity index (χ1) is 13.0. The van der Waals surface area contributed by atoms with Crippen molar-refractivity contribution < 1.29 is 26.4 Å². The number of anilines is 2. The van der Waals surface area contributed by atoms with Crippen LogP contribution in [0.5, 0.6) is 0 Å². The van der Waals surface area contributed by atoms with Gasteiger partial charge in [0, 0.05) is 5.69 Å². The summed E-state index contributed by atoms with van der Waals surface area (Å²) in [6.45, 7) is 1.43. The smallest absolute Gasteiger partial charge is 0.376 e. The Labute approximate surface area is 161 Å². The van der Waals surface area contributed by atoms with Crippen LogP contribution in [-0.4, -0.2) is 27.1 Å². The lowest BCUT2D eigenvalue weighted by molar-refractivity contribution is -0.137. The monoisotopic (exact) mass is 415 g/mol. The average Bonchev–Trinajstić information content (AvgIpc) is 2.58. The fraction of sp³-hybridized carbons (Fsp3) is 0.278. The highest BCUT2D eigenvalue weighted by Crippen LogP contribution is 2.30. The third kappa shape index (κ3) is 6.45. The summed E-state index contributed by atoms with van der Waals surface area (Å²) in [5.41, 5.74) is 0.243. The molecule has 0 aliphatic carbocycles. The predicted molar refractivity (Wildman–Crippen MR) is 101 cm³/mol. The van der Waals surface area contributed by atoms with Gasteiger partial charge in [-0.2, -0.15) is 13.2 Å². The quantitative estimate of drug-likeness (QED) is 0.647. The number of hydrogen-bond acceptors (Lipinski definition) is 4. The molecule has 1 atom stereocenters. The van der Waals surface area contributed by atoms with Crippen LogP contribution in [0, 0.1) is 0 Å². The van der Waals surface area contributed by atoms with Gasteiger partial charge in [0.2, 0.25) is 15.9 Å². The molecule has 0 saturated heterocycles. The molecule has 2 rings (SSSR count). The molecule has 0 aromatic heterocycles. The highest BCUT2D eigenvalue weighted by Gasteiger charge is 2.30. The summed E-state index contributed by atoms with van der Waals surface area (Å²) in [5.74, 6) is -0.459. The number of halogens is 3. The minimum absolute atomic E-state index is 0.164. The Morgan fingerprint density at radius 1 is 1.11 bits per heavy atom. The molecule has 1 unspecified atom stereocenters. The summed E-state index contributed by atoms with van der Waals surface area (Å²) in [5, 5.41) is 5.32. The van der Waals surface area contributed by atoms with E-state index < -0.39 is 33.7 Å². The number of hydrogen-bond donors (Lipinski definition) is 3. The van der Waals surface area contributed by atoms with Crippen molar-refractivity contribution in [2.75, 3.05) is 22.8 Å². The van der Waals surface area contributed by atoms with Crippen molar-refractivity contribution >= 4 is 27.3 Å². The van der Waals surface area contributed by atoms with Crippen molar-refractivity contribution in [3.05, 3.63) is 59.7 Å². The van der Waals surface area contributed by atoms with E-state index in [-0.39, 0.29) is 12.2 Å². The minimum Gasteiger partial charge on any atom is -0.376 e. The summed E-state index contributed by atoms with van der Waals surface area (Å²) in [6, 6.07) is 10.6. The molecule has 0 aliphatic rings. The van der Waals surface area contributed by atoms with Gasteiger partial charge in [-0.25, -0.2) is 8.42 Å². The molecule has 6 nitrogen and oxygen atoms in total. The van der Waals surface area contributed by atoms with E-state index in [1.165, 1.54) is 12.1 Å². The number of carbonyl (C=O) groups is 1. The average molecular weight is 415 g/mol. The Balaban J connectivity index is 2.01. The molecule has 0 radical (unpaired) electrons. The van der Waals surface area contributed by atoms with Gasteiger partial charge >= 0.3 is 6.18 Å². The number of carbonyl (C=O) groups excluding carboxylic acids is 1. The molecule has 152 valence electrons. The van der Waals surface area contributed by atoms with Crippen molar-refractivity contribution in [1.82, 2.24) is 5.32 Å². The third-order valence-electron chi connectivity index (χ3n) is 3.74. The van der Waals surface area contributed by atoms with Gasteiger partial charge in [-0.3, -0.25) is 9.52 Å². The lowest BCUT2D eigenvalue weighted by Gasteiger charge is -2.19. The van der Waals surface area contributed by atoms with E-state index in [2.05, 4.69) is 15.4 Å². The topological polar surface area (TPSA) is 87.3 Å². The molecule has 0 bridgehead atoms. The van der Waals surface area contributed by atoms with E-state index >= 15 is 0 Å². The van der Waals surface area contributed by atoms with E-state index in [0.717, 1.165) is 18.4 Å². The van der Waals surface area contributed by atoms with Crippen LogP contribution in [-0.2, 0) is 21.0 Å². The number of amides is 1. The first-order valence-electron chi connectivity index (χ1n) is 8.23. The molecular formula is C18H20F3N3O3S. The van der Waals surface area contributed by atoms with E-state index in [1.807, 2.05) is 0 Å². The molecular weight excluding hydrogens is 395 g/mol. The third-order valence-corrected chi connectivity index (χ3v) is 4.33. The van der Waals surface area contributed by atoms with Crippen LogP contribution in [0.3, 0.4) is 0 Å². The van der Waals surface area contributed by atoms with Crippen LogP contribution < -0.4 is 15.4 Å². The first-order valence-corrected chi connectivity index (χ1v) is 10.1. The fourth-order valence-electron chi connectivity index (χ4n) is 2.53. The second kappa shape index (κ2) is 8.51. The van der Waals surface area contributed by atoms with Crippen molar-refractivity contribution in [3.63, 3.8) is 0 Å². The van der Waals surface area contributed by atoms with Gasteiger partial charge in [-0.1, -0.05) is 24.3 Å². The fourth-order valence-corrected chi connectivity index (χ4v) is 3.11. The summed E-state index contributed by atoms with van der Waals surface area (Å²) in [4.78, 5) is 12.1. The normalized spacial score (nSPS) is 12.9. The SMILES string of the molecule is CC(NC(=O)CNc1cccc(C(F)(F)F)c1)c1ccccc1NS(C)(=O)=O. The molecule has 0 fully saturated rings. The number of alkyl halides is 3. The standard InChI is InChI=1S/C18H20F3N3O3S/c1-12(15-8-3-4-9-16(15)24-28(2,26)27)23-17(25)11-22-14-7-5-6-13(10-14)18(19,20)21/h3-10,12,22,24H,11H2,1-2H3,(H,23,25). The lowest BCUT2D eigenvalue weighted by atomic mass is 10.1. The zero-order chi connectivity index (χ0) is 20.9. The highest BCUT2D eigenvalue weighted by atomic mass is 32.2. The highest BCUT2D eigenvalue weighted by molar-refractivity contribution is 7.92. The molecule has 1 amide bonds. The molecule has 0 saturated carbocycles. The maximum absolute atomic E-state index is 12.7. The summed E-state index contributed by atoms with van der Waals surface area (Å²) >= 11 is 0. The van der Waals surface area contributed by atoms with E-state index in [1.54, 1.807) is 31.2 Å². The summed E-state index contributed by atoms with van der Waals surface area (Å²) < 4.78 is 63.5. The number of para-hydroxylation sites is 1. The Morgan fingerprint density at radius 2 is 1.79 bits per heavy atom. The van der Waals surface area contributed by atoms with Gasteiger partial charge in [0.25, 0.3) is 0 Å². The van der Waals surface area contributed by atoms with Crippen LogP contribution in [0.15, 0.2) is 48.5 Å². The van der Waals surface area contributed by atoms with Gasteiger partial charge < -0.3 is 10.6 Å². The van der Waals surface area contributed by atoms with Crippen LogP contribution in [0.25, 0.3) is 0 Å². The molecule has 10 heteroatoms. The van der Waals surface area contributed by atoms with Crippen LogP contribution in [0.2, 0.25) is 0 Å². The maximum Gasteiger partial charge on any atom is 0.416 e. The lowest BCUT2D eigenvalue weighted by Crippen LogP contribution is -2.32. The van der Waals surface area contributed by atoms with E-state index in [0.29, 0.717) is 11.3 Å². The molecule has 0 spiro atoms. The first kappa shape index (κ1) is 21.5. The Bertz CT molecular complexity index is 946. The van der Waals surface area contributed by atoms with E-state index in [9.17, 15) is 26.4 Å². The van der Waals surface area contributed by atoms with Crippen LogP contribution in [0.1, 0.15) is 24.1 Å². The minimum atomic E-state index is -4.47. The van der Waals surface area contributed by atoms with Gasteiger partial charge in [0.05, 0.1) is 30.1 Å². The van der Waals surface area contributed by atoms with Gasteiger partial charge in [0.15, 0.2) is 0 Å². The van der Waals surface area contributed by atoms with Crippen LogP contribution in [0.4, 0.5) is 24.5 Å². The molecule has 28 heavy (non-hydrogen) atoms. The predicted octanol–water partition coefficient (Wildman–Crippen LogP) is 3.37. The van der Waals surface area contributed by atoms with Gasteiger partial charge in [0.1, 0.15) is 0 Å². The van der Waals surface area contributed by atoms with Crippen molar-refractivity contribution in [2.45, 2.75) is 19.1 Å². The largest absolute Gasteiger partial charge is 0.416 e. The second-order valence-electron chi connectivity index (χ2n) is 6.18. The molecule has 2 aromatic carbocycles. The van der Waals surface area contributed by atoms with Crippen molar-refractivity contribution in [3.8, 4) is 0 Å².